The van der Waals surface area contributed by atoms with E-state index in [-0.39, 0.29) is 0 Å². The van der Waals surface area contributed by atoms with Gasteiger partial charge in [-0.25, -0.2) is 19.9 Å². The standard InChI is InChI=1S/C17H15N5OS/c1-24-17-18-8-7-14(20-17)22-9-10-23-13-11-19-15(21-16(13)22)12-5-3-2-4-6-12/h2-8,11H,9-10H2,1H3. The molecule has 1 aromatic carbocycles. The Morgan fingerprint density at radius 3 is 2.79 bits per heavy atom. The Morgan fingerprint density at radius 1 is 1.08 bits per heavy atom. The Kier molecular flexibility index (Phi) is 4.00. The van der Waals surface area contributed by atoms with Crippen LogP contribution in [0.5, 0.6) is 5.75 Å². The molecule has 0 radical (unpaired) electrons. The van der Waals surface area contributed by atoms with E-state index in [0.717, 1.165) is 22.4 Å². The number of fused-ring (bicyclic) bond motifs is 1. The van der Waals surface area contributed by atoms with Gasteiger partial charge in [0.1, 0.15) is 12.4 Å². The second-order valence-electron chi connectivity index (χ2n) is 5.15. The molecule has 7 heteroatoms. The van der Waals surface area contributed by atoms with E-state index in [1.54, 1.807) is 12.4 Å². The molecule has 0 saturated heterocycles. The summed E-state index contributed by atoms with van der Waals surface area (Å²) in [6.45, 7) is 1.25. The molecule has 0 fully saturated rings. The summed E-state index contributed by atoms with van der Waals surface area (Å²) >= 11 is 1.52. The van der Waals surface area contributed by atoms with Crippen molar-refractivity contribution in [1.82, 2.24) is 19.9 Å². The highest BCUT2D eigenvalue weighted by Gasteiger charge is 2.23. The van der Waals surface area contributed by atoms with Crippen molar-refractivity contribution in [2.24, 2.45) is 0 Å². The lowest BCUT2D eigenvalue weighted by molar-refractivity contribution is 0.310. The first-order valence-corrected chi connectivity index (χ1v) is 8.77. The Labute approximate surface area is 144 Å². The summed E-state index contributed by atoms with van der Waals surface area (Å²) in [7, 11) is 0. The molecule has 0 unspecified atom stereocenters. The fraction of sp³-hybridized carbons (Fsp3) is 0.176. The van der Waals surface area contributed by atoms with Crippen molar-refractivity contribution in [3.8, 4) is 17.1 Å². The maximum atomic E-state index is 5.71. The molecule has 4 rings (SSSR count). The molecular formula is C17H15N5OS. The number of benzene rings is 1. The smallest absolute Gasteiger partial charge is 0.189 e. The maximum Gasteiger partial charge on any atom is 0.189 e. The molecule has 6 nitrogen and oxygen atoms in total. The number of ether oxygens (including phenoxy) is 1. The van der Waals surface area contributed by atoms with Gasteiger partial charge in [0, 0.05) is 11.8 Å². The number of hydrogen-bond acceptors (Lipinski definition) is 7. The normalized spacial score (nSPS) is 13.3. The van der Waals surface area contributed by atoms with Crippen LogP contribution in [-0.4, -0.2) is 39.3 Å². The number of hydrogen-bond donors (Lipinski definition) is 0. The summed E-state index contributed by atoms with van der Waals surface area (Å²) in [5.74, 6) is 2.90. The van der Waals surface area contributed by atoms with Crippen LogP contribution in [0.1, 0.15) is 0 Å². The lowest BCUT2D eigenvalue weighted by Crippen LogP contribution is -2.30. The van der Waals surface area contributed by atoms with E-state index in [2.05, 4.69) is 15.0 Å². The highest BCUT2D eigenvalue weighted by molar-refractivity contribution is 7.98. The zero-order valence-electron chi connectivity index (χ0n) is 13.1. The summed E-state index contributed by atoms with van der Waals surface area (Å²) in [6.07, 6.45) is 5.46. The molecule has 0 N–H and O–H groups in total. The third kappa shape index (κ3) is 2.78. The second kappa shape index (κ2) is 6.45. The third-order valence-corrected chi connectivity index (χ3v) is 4.24. The van der Waals surface area contributed by atoms with Crippen LogP contribution in [0.15, 0.2) is 53.9 Å². The predicted octanol–water partition coefficient (Wildman–Crippen LogP) is 3.19. The first kappa shape index (κ1) is 14.9. The van der Waals surface area contributed by atoms with Gasteiger partial charge in [0.05, 0.1) is 12.7 Å². The van der Waals surface area contributed by atoms with E-state index in [0.29, 0.717) is 24.7 Å². The van der Waals surface area contributed by atoms with E-state index in [1.807, 2.05) is 47.6 Å². The van der Waals surface area contributed by atoms with Gasteiger partial charge in [0.15, 0.2) is 22.5 Å². The molecule has 120 valence electrons. The molecule has 3 heterocycles. The van der Waals surface area contributed by atoms with Gasteiger partial charge in [0.25, 0.3) is 0 Å². The van der Waals surface area contributed by atoms with Gasteiger partial charge in [-0.2, -0.15) is 0 Å². The molecule has 1 aliphatic rings. The molecule has 1 aliphatic heterocycles. The average Bonchev–Trinajstić information content (AvgIpc) is 2.68. The molecule has 0 bridgehead atoms. The Balaban J connectivity index is 1.78. The predicted molar refractivity (Wildman–Crippen MR) is 93.8 cm³/mol. The summed E-state index contributed by atoms with van der Waals surface area (Å²) in [5, 5.41) is 0.734. The van der Waals surface area contributed by atoms with Crippen LogP contribution in [-0.2, 0) is 0 Å². The molecule has 2 aromatic heterocycles. The van der Waals surface area contributed by atoms with E-state index in [9.17, 15) is 0 Å². The van der Waals surface area contributed by atoms with Crippen molar-refractivity contribution in [1.29, 1.82) is 0 Å². The zero-order valence-corrected chi connectivity index (χ0v) is 13.9. The summed E-state index contributed by atoms with van der Waals surface area (Å²) in [5.41, 5.74) is 0.971. The fourth-order valence-corrected chi connectivity index (χ4v) is 2.89. The molecule has 0 saturated carbocycles. The fourth-order valence-electron chi connectivity index (χ4n) is 2.54. The highest BCUT2D eigenvalue weighted by Crippen LogP contribution is 2.35. The molecule has 0 aliphatic carbocycles. The largest absolute Gasteiger partial charge is 0.486 e. The van der Waals surface area contributed by atoms with E-state index < -0.39 is 0 Å². The molecular weight excluding hydrogens is 322 g/mol. The number of rotatable bonds is 3. The second-order valence-corrected chi connectivity index (χ2v) is 5.92. The number of aromatic nitrogens is 4. The Bertz CT molecular complexity index is 859. The number of thioether (sulfide) groups is 1. The highest BCUT2D eigenvalue weighted by atomic mass is 32.2. The van der Waals surface area contributed by atoms with Gasteiger partial charge in [-0.05, 0) is 12.3 Å². The van der Waals surface area contributed by atoms with Crippen molar-refractivity contribution in [3.63, 3.8) is 0 Å². The van der Waals surface area contributed by atoms with Crippen LogP contribution in [0.3, 0.4) is 0 Å². The van der Waals surface area contributed by atoms with Crippen molar-refractivity contribution < 1.29 is 4.74 Å². The number of anilines is 2. The maximum absolute atomic E-state index is 5.71. The Morgan fingerprint density at radius 2 is 1.96 bits per heavy atom. The van der Waals surface area contributed by atoms with Gasteiger partial charge >= 0.3 is 0 Å². The van der Waals surface area contributed by atoms with Crippen molar-refractivity contribution in [3.05, 3.63) is 48.8 Å². The van der Waals surface area contributed by atoms with Gasteiger partial charge in [-0.15, -0.1) is 0 Å². The molecule has 3 aromatic rings. The molecule has 0 amide bonds. The van der Waals surface area contributed by atoms with Gasteiger partial charge in [0.2, 0.25) is 0 Å². The van der Waals surface area contributed by atoms with E-state index >= 15 is 0 Å². The average molecular weight is 337 g/mol. The minimum absolute atomic E-state index is 0.569. The molecule has 24 heavy (non-hydrogen) atoms. The first-order valence-electron chi connectivity index (χ1n) is 7.55. The quantitative estimate of drug-likeness (QED) is 0.537. The Hall–Kier alpha value is -2.67. The molecule has 0 atom stereocenters. The van der Waals surface area contributed by atoms with Gasteiger partial charge in [-0.3, -0.25) is 0 Å². The topological polar surface area (TPSA) is 64.0 Å². The van der Waals surface area contributed by atoms with Gasteiger partial charge < -0.3 is 9.64 Å². The van der Waals surface area contributed by atoms with Crippen LogP contribution in [0.4, 0.5) is 11.6 Å². The summed E-state index contributed by atoms with van der Waals surface area (Å²) in [4.78, 5) is 20.0. The minimum atomic E-state index is 0.569. The molecule has 0 spiro atoms. The lowest BCUT2D eigenvalue weighted by atomic mass is 10.2. The number of nitrogens with zero attached hydrogens (tertiary/aromatic N) is 5. The van der Waals surface area contributed by atoms with E-state index in [1.165, 1.54) is 11.8 Å². The monoisotopic (exact) mass is 337 g/mol. The van der Waals surface area contributed by atoms with Crippen molar-refractivity contribution in [2.45, 2.75) is 5.16 Å². The lowest BCUT2D eigenvalue weighted by Gasteiger charge is -2.29. The van der Waals surface area contributed by atoms with Crippen LogP contribution in [0.25, 0.3) is 11.4 Å². The zero-order chi connectivity index (χ0) is 16.4. The van der Waals surface area contributed by atoms with E-state index in [4.69, 9.17) is 9.72 Å². The summed E-state index contributed by atoms with van der Waals surface area (Å²) in [6, 6.07) is 11.8. The SMILES string of the molecule is CSc1nccc(N2CCOc3cnc(-c4ccccc4)nc32)n1. The minimum Gasteiger partial charge on any atom is -0.486 e. The van der Waals surface area contributed by atoms with Crippen LogP contribution in [0.2, 0.25) is 0 Å². The van der Waals surface area contributed by atoms with Gasteiger partial charge in [-0.1, -0.05) is 42.1 Å². The third-order valence-electron chi connectivity index (χ3n) is 3.67. The van der Waals surface area contributed by atoms with Crippen molar-refractivity contribution >= 4 is 23.4 Å². The summed E-state index contributed by atoms with van der Waals surface area (Å²) < 4.78 is 5.71. The van der Waals surface area contributed by atoms with Crippen LogP contribution >= 0.6 is 11.8 Å². The van der Waals surface area contributed by atoms with Crippen LogP contribution in [0, 0.1) is 0 Å². The van der Waals surface area contributed by atoms with Crippen LogP contribution < -0.4 is 9.64 Å². The first-order chi connectivity index (χ1) is 11.8. The van der Waals surface area contributed by atoms with Crippen molar-refractivity contribution in [2.75, 3.05) is 24.3 Å².